The van der Waals surface area contributed by atoms with Crippen LogP contribution in [0.1, 0.15) is 38.5 Å². The summed E-state index contributed by atoms with van der Waals surface area (Å²) < 4.78 is 0. The van der Waals surface area contributed by atoms with Crippen LogP contribution >= 0.6 is 0 Å². The molecule has 2 aliphatic rings. The maximum absolute atomic E-state index is 6.38. The number of hydrogen-bond donors (Lipinski definition) is 1. The number of nitrogens with zero attached hydrogens (tertiary/aromatic N) is 1. The molecule has 0 aliphatic heterocycles. The van der Waals surface area contributed by atoms with E-state index in [2.05, 4.69) is 19.0 Å². The normalized spacial score (nSPS) is 29.5. The fourth-order valence-electron chi connectivity index (χ4n) is 2.96. The van der Waals surface area contributed by atoms with E-state index in [1.807, 2.05) is 0 Å². The molecule has 0 bridgehead atoms. The summed E-state index contributed by atoms with van der Waals surface area (Å²) in [4.78, 5) is 2.39. The van der Waals surface area contributed by atoms with E-state index in [1.54, 1.807) is 0 Å². The van der Waals surface area contributed by atoms with Gasteiger partial charge >= 0.3 is 0 Å². The summed E-state index contributed by atoms with van der Waals surface area (Å²) in [6.07, 6.45) is 8.13. The minimum Gasteiger partial charge on any atom is -0.326 e. The molecule has 76 valence electrons. The lowest BCUT2D eigenvalue weighted by Crippen LogP contribution is -2.56. The molecule has 2 heteroatoms. The molecule has 0 spiro atoms. The number of rotatable bonds is 3. The Morgan fingerprint density at radius 3 is 2.15 bits per heavy atom. The van der Waals surface area contributed by atoms with Crippen LogP contribution in [0.3, 0.4) is 0 Å². The molecule has 2 saturated carbocycles. The van der Waals surface area contributed by atoms with Crippen molar-refractivity contribution in [3.63, 3.8) is 0 Å². The average Bonchev–Trinajstić information content (AvgIpc) is 2.81. The van der Waals surface area contributed by atoms with Crippen LogP contribution in [-0.4, -0.2) is 30.6 Å². The van der Waals surface area contributed by atoms with Crippen molar-refractivity contribution in [1.82, 2.24) is 4.90 Å². The third-order valence-corrected chi connectivity index (χ3v) is 4.11. The number of hydrogen-bond acceptors (Lipinski definition) is 2. The van der Waals surface area contributed by atoms with Crippen molar-refractivity contribution in [1.29, 1.82) is 0 Å². The van der Waals surface area contributed by atoms with Crippen LogP contribution in [0.4, 0.5) is 0 Å². The quantitative estimate of drug-likeness (QED) is 0.718. The molecule has 13 heavy (non-hydrogen) atoms. The molecule has 2 nitrogen and oxygen atoms in total. The second-order valence-corrected chi connectivity index (χ2v) is 5.07. The fraction of sp³-hybridized carbons (Fsp3) is 1.00. The highest BCUT2D eigenvalue weighted by Gasteiger charge is 2.47. The Hall–Kier alpha value is -0.0800. The van der Waals surface area contributed by atoms with Gasteiger partial charge in [0.25, 0.3) is 0 Å². The molecule has 1 unspecified atom stereocenters. The van der Waals surface area contributed by atoms with Gasteiger partial charge in [0, 0.05) is 11.6 Å². The molecule has 2 rings (SSSR count). The zero-order chi connectivity index (χ0) is 9.47. The highest BCUT2D eigenvalue weighted by molar-refractivity contribution is 5.05. The van der Waals surface area contributed by atoms with Crippen LogP contribution in [-0.2, 0) is 0 Å². The van der Waals surface area contributed by atoms with E-state index in [0.29, 0.717) is 11.6 Å². The van der Waals surface area contributed by atoms with E-state index in [9.17, 15) is 0 Å². The first-order chi connectivity index (χ1) is 6.17. The standard InChI is InChI=1S/C11H22N2/c1-13(2)11(7-3-4-8-11)10(12)9-5-6-9/h9-10H,3-8,12H2,1-2H3. The summed E-state index contributed by atoms with van der Waals surface area (Å²) in [6, 6.07) is 0.435. The van der Waals surface area contributed by atoms with Gasteiger partial charge in [-0.15, -0.1) is 0 Å². The zero-order valence-corrected chi connectivity index (χ0v) is 8.92. The van der Waals surface area contributed by atoms with Crippen molar-refractivity contribution < 1.29 is 0 Å². The maximum atomic E-state index is 6.38. The largest absolute Gasteiger partial charge is 0.326 e. The van der Waals surface area contributed by atoms with Crippen LogP contribution < -0.4 is 5.73 Å². The lowest BCUT2D eigenvalue weighted by Gasteiger charge is -2.41. The summed E-state index contributed by atoms with van der Waals surface area (Å²) in [7, 11) is 4.40. The molecular formula is C11H22N2. The molecule has 0 radical (unpaired) electrons. The molecule has 0 saturated heterocycles. The van der Waals surface area contributed by atoms with Gasteiger partial charge < -0.3 is 10.6 Å². The van der Waals surface area contributed by atoms with Gasteiger partial charge in [-0.25, -0.2) is 0 Å². The third-order valence-electron chi connectivity index (χ3n) is 4.11. The fourth-order valence-corrected chi connectivity index (χ4v) is 2.96. The first kappa shape index (κ1) is 9.47. The van der Waals surface area contributed by atoms with E-state index in [1.165, 1.54) is 38.5 Å². The zero-order valence-electron chi connectivity index (χ0n) is 8.92. The Morgan fingerprint density at radius 2 is 1.77 bits per heavy atom. The van der Waals surface area contributed by atoms with Gasteiger partial charge in [0.15, 0.2) is 0 Å². The van der Waals surface area contributed by atoms with Crippen LogP contribution in [0.5, 0.6) is 0 Å². The van der Waals surface area contributed by atoms with Gasteiger partial charge in [-0.2, -0.15) is 0 Å². The summed E-state index contributed by atoms with van der Waals surface area (Å²) in [5, 5.41) is 0. The Bertz CT molecular complexity index is 179. The minimum atomic E-state index is 0.348. The molecule has 2 fully saturated rings. The second-order valence-electron chi connectivity index (χ2n) is 5.07. The van der Waals surface area contributed by atoms with Crippen molar-refractivity contribution in [2.75, 3.05) is 14.1 Å². The third kappa shape index (κ3) is 1.50. The van der Waals surface area contributed by atoms with Gasteiger partial charge in [0.05, 0.1) is 0 Å². The summed E-state index contributed by atoms with van der Waals surface area (Å²) in [5.74, 6) is 0.834. The maximum Gasteiger partial charge on any atom is 0.0357 e. The number of nitrogens with two attached hydrogens (primary N) is 1. The molecule has 0 aromatic carbocycles. The van der Waals surface area contributed by atoms with Crippen molar-refractivity contribution in [3.8, 4) is 0 Å². The van der Waals surface area contributed by atoms with Crippen LogP contribution in [0.15, 0.2) is 0 Å². The predicted octanol–water partition coefficient (Wildman–Crippen LogP) is 1.60. The highest BCUT2D eigenvalue weighted by Crippen LogP contribution is 2.44. The van der Waals surface area contributed by atoms with E-state index < -0.39 is 0 Å². The van der Waals surface area contributed by atoms with Crippen LogP contribution in [0.25, 0.3) is 0 Å². The molecule has 0 aromatic heterocycles. The molecule has 0 heterocycles. The van der Waals surface area contributed by atoms with E-state index in [4.69, 9.17) is 5.73 Å². The molecule has 2 N–H and O–H groups in total. The van der Waals surface area contributed by atoms with Gasteiger partial charge in [0.1, 0.15) is 0 Å². The Morgan fingerprint density at radius 1 is 1.23 bits per heavy atom. The van der Waals surface area contributed by atoms with Crippen LogP contribution in [0, 0.1) is 5.92 Å². The van der Waals surface area contributed by atoms with E-state index >= 15 is 0 Å². The topological polar surface area (TPSA) is 29.3 Å². The van der Waals surface area contributed by atoms with Crippen molar-refractivity contribution in [2.24, 2.45) is 11.7 Å². The molecule has 1 atom stereocenters. The second kappa shape index (κ2) is 3.25. The van der Waals surface area contributed by atoms with Crippen LogP contribution in [0.2, 0.25) is 0 Å². The van der Waals surface area contributed by atoms with Gasteiger partial charge in [-0.3, -0.25) is 0 Å². The molecule has 0 amide bonds. The van der Waals surface area contributed by atoms with Gasteiger partial charge in [-0.1, -0.05) is 12.8 Å². The summed E-state index contributed by atoms with van der Waals surface area (Å²) in [5.41, 5.74) is 6.73. The van der Waals surface area contributed by atoms with Crippen molar-refractivity contribution in [3.05, 3.63) is 0 Å². The van der Waals surface area contributed by atoms with E-state index in [0.717, 1.165) is 5.92 Å². The monoisotopic (exact) mass is 182 g/mol. The first-order valence-corrected chi connectivity index (χ1v) is 5.60. The number of likely N-dealkylation sites (N-methyl/N-ethyl adjacent to an activating group) is 1. The summed E-state index contributed by atoms with van der Waals surface area (Å²) >= 11 is 0. The van der Waals surface area contributed by atoms with E-state index in [-0.39, 0.29) is 0 Å². The van der Waals surface area contributed by atoms with Gasteiger partial charge in [-0.05, 0) is 45.7 Å². The average molecular weight is 182 g/mol. The van der Waals surface area contributed by atoms with Gasteiger partial charge in [0.2, 0.25) is 0 Å². The minimum absolute atomic E-state index is 0.348. The van der Waals surface area contributed by atoms with Crippen molar-refractivity contribution in [2.45, 2.75) is 50.1 Å². The summed E-state index contributed by atoms with van der Waals surface area (Å²) in [6.45, 7) is 0. The SMILES string of the molecule is CN(C)C1(C(N)C2CC2)CCCC1. The van der Waals surface area contributed by atoms with Crippen molar-refractivity contribution >= 4 is 0 Å². The Kier molecular flexibility index (Phi) is 2.37. The molecule has 2 aliphatic carbocycles. The Labute approximate surface area is 81.5 Å². The smallest absolute Gasteiger partial charge is 0.0357 e. The lowest BCUT2D eigenvalue weighted by molar-refractivity contribution is 0.113. The predicted molar refractivity (Wildman–Crippen MR) is 55.6 cm³/mol. The lowest BCUT2D eigenvalue weighted by atomic mass is 9.84. The molecular weight excluding hydrogens is 160 g/mol. The highest BCUT2D eigenvalue weighted by atomic mass is 15.2. The Balaban J connectivity index is 2.11. The molecule has 0 aromatic rings. The first-order valence-electron chi connectivity index (χ1n) is 5.60.